The number of carbonyl (C=O) groups is 3. The summed E-state index contributed by atoms with van der Waals surface area (Å²) in [6.07, 6.45) is -0.116. The van der Waals surface area contributed by atoms with Crippen LogP contribution in [0.2, 0.25) is 0 Å². The van der Waals surface area contributed by atoms with Gasteiger partial charge in [-0.1, -0.05) is 29.8 Å². The number of likely N-dealkylation sites (tertiary alicyclic amines) is 1. The average Bonchev–Trinajstić information content (AvgIpc) is 2.55. The van der Waals surface area contributed by atoms with E-state index in [1.165, 1.54) is 0 Å². The van der Waals surface area contributed by atoms with E-state index in [0.717, 1.165) is 4.47 Å². The van der Waals surface area contributed by atoms with Crippen LogP contribution in [0.4, 0.5) is 15.3 Å². The molecule has 1 heterocycles. The Balaban J connectivity index is 1.60. The summed E-state index contributed by atoms with van der Waals surface area (Å²) in [7, 11) is 0. The van der Waals surface area contributed by atoms with Crippen molar-refractivity contribution in [3.8, 4) is 0 Å². The summed E-state index contributed by atoms with van der Waals surface area (Å²) in [5.41, 5.74) is 5.26. The van der Waals surface area contributed by atoms with Crippen molar-refractivity contribution in [3.63, 3.8) is 0 Å². The van der Waals surface area contributed by atoms with Crippen LogP contribution in [0.3, 0.4) is 0 Å². The van der Waals surface area contributed by atoms with E-state index >= 15 is 0 Å². The Labute approximate surface area is 160 Å². The molecule has 0 atom stereocenters. The Morgan fingerprint density at radius 2 is 1.85 bits per heavy atom. The molecule has 0 spiro atoms. The van der Waals surface area contributed by atoms with Crippen molar-refractivity contribution in [2.24, 2.45) is 11.8 Å². The standard InChI is InChI=1S/C17H23BrN4O4/c1-11(2)10-26-17(25)22-8-12(9-22)7-15(23)20-21-16(24)19-14-5-3-13(18)4-6-14/h3-6,11-12H,7-10H2,1-2H3,(H,20,23)(H2,19,21,24). The van der Waals surface area contributed by atoms with Gasteiger partial charge in [0.25, 0.3) is 0 Å². The molecule has 8 nitrogen and oxygen atoms in total. The molecule has 26 heavy (non-hydrogen) atoms. The molecule has 0 bridgehead atoms. The van der Waals surface area contributed by atoms with E-state index in [9.17, 15) is 14.4 Å². The number of hydrazine groups is 1. The van der Waals surface area contributed by atoms with Gasteiger partial charge in [0.1, 0.15) is 0 Å². The minimum Gasteiger partial charge on any atom is -0.449 e. The molecule has 1 aliphatic rings. The monoisotopic (exact) mass is 426 g/mol. The Morgan fingerprint density at radius 1 is 1.19 bits per heavy atom. The highest BCUT2D eigenvalue weighted by Crippen LogP contribution is 2.20. The van der Waals surface area contributed by atoms with Gasteiger partial charge in [0.2, 0.25) is 5.91 Å². The SMILES string of the molecule is CC(C)COC(=O)N1CC(CC(=O)NNC(=O)Nc2ccc(Br)cc2)C1. The van der Waals surface area contributed by atoms with Gasteiger partial charge in [-0.15, -0.1) is 0 Å². The predicted molar refractivity (Wildman–Crippen MR) is 100 cm³/mol. The minimum atomic E-state index is -0.534. The van der Waals surface area contributed by atoms with E-state index in [2.05, 4.69) is 32.1 Å². The highest BCUT2D eigenvalue weighted by Gasteiger charge is 2.33. The third-order valence-electron chi connectivity index (χ3n) is 3.65. The molecule has 3 N–H and O–H groups in total. The molecular formula is C17H23BrN4O4. The van der Waals surface area contributed by atoms with Gasteiger partial charge in [0.05, 0.1) is 6.61 Å². The zero-order chi connectivity index (χ0) is 19.1. The normalized spacial score (nSPS) is 13.8. The number of ether oxygens (including phenoxy) is 1. The fraction of sp³-hybridized carbons (Fsp3) is 0.471. The number of nitrogens with one attached hydrogen (secondary N) is 3. The molecule has 0 aromatic heterocycles. The number of hydrogen-bond donors (Lipinski definition) is 3. The lowest BCUT2D eigenvalue weighted by Crippen LogP contribution is -2.53. The Morgan fingerprint density at radius 3 is 2.46 bits per heavy atom. The number of anilines is 1. The lowest BCUT2D eigenvalue weighted by atomic mass is 9.97. The van der Waals surface area contributed by atoms with Gasteiger partial charge < -0.3 is 15.0 Å². The molecule has 1 saturated heterocycles. The van der Waals surface area contributed by atoms with Crippen molar-refractivity contribution in [3.05, 3.63) is 28.7 Å². The number of urea groups is 1. The second kappa shape index (κ2) is 9.42. The number of benzene rings is 1. The smallest absolute Gasteiger partial charge is 0.409 e. The number of amides is 4. The zero-order valence-corrected chi connectivity index (χ0v) is 16.3. The van der Waals surface area contributed by atoms with Gasteiger partial charge in [-0.3, -0.25) is 10.2 Å². The van der Waals surface area contributed by atoms with Crippen molar-refractivity contribution >= 4 is 39.6 Å². The maximum absolute atomic E-state index is 11.8. The molecule has 1 aromatic carbocycles. The molecule has 142 valence electrons. The molecule has 9 heteroatoms. The molecule has 0 aliphatic carbocycles. The van der Waals surface area contributed by atoms with Crippen molar-refractivity contribution in [1.82, 2.24) is 15.8 Å². The van der Waals surface area contributed by atoms with Crippen LogP contribution < -0.4 is 16.2 Å². The minimum absolute atomic E-state index is 0.0675. The number of carbonyl (C=O) groups excluding carboxylic acids is 3. The van der Waals surface area contributed by atoms with E-state index in [1.54, 1.807) is 29.2 Å². The summed E-state index contributed by atoms with van der Waals surface area (Å²) in [5, 5.41) is 2.60. The summed E-state index contributed by atoms with van der Waals surface area (Å²) in [5.74, 6) is 0.0468. The lowest BCUT2D eigenvalue weighted by molar-refractivity contribution is -0.123. The third-order valence-corrected chi connectivity index (χ3v) is 4.18. The van der Waals surface area contributed by atoms with Crippen LogP contribution in [0, 0.1) is 11.8 Å². The van der Waals surface area contributed by atoms with Gasteiger partial charge >= 0.3 is 12.1 Å². The maximum atomic E-state index is 11.8. The van der Waals surface area contributed by atoms with Crippen LogP contribution in [0.25, 0.3) is 0 Å². The topological polar surface area (TPSA) is 99.8 Å². The molecular weight excluding hydrogens is 404 g/mol. The Kier molecular flexibility index (Phi) is 7.26. The Bertz CT molecular complexity index is 645. The fourth-order valence-corrected chi connectivity index (χ4v) is 2.58. The van der Waals surface area contributed by atoms with Gasteiger partial charge in [-0.2, -0.15) is 0 Å². The summed E-state index contributed by atoms with van der Waals surface area (Å²) >= 11 is 3.31. The molecule has 0 saturated carbocycles. The van der Waals surface area contributed by atoms with Gasteiger partial charge in [-0.05, 0) is 30.2 Å². The lowest BCUT2D eigenvalue weighted by Gasteiger charge is -2.38. The summed E-state index contributed by atoms with van der Waals surface area (Å²) in [4.78, 5) is 36.8. The quantitative estimate of drug-likeness (QED) is 0.630. The third kappa shape index (κ3) is 6.55. The first-order valence-electron chi connectivity index (χ1n) is 8.36. The molecule has 0 unspecified atom stereocenters. The number of nitrogens with zero attached hydrogens (tertiary/aromatic N) is 1. The largest absolute Gasteiger partial charge is 0.449 e. The average molecular weight is 427 g/mol. The maximum Gasteiger partial charge on any atom is 0.409 e. The molecule has 0 radical (unpaired) electrons. The molecule has 2 rings (SSSR count). The van der Waals surface area contributed by atoms with E-state index < -0.39 is 6.03 Å². The van der Waals surface area contributed by atoms with Crippen molar-refractivity contribution in [1.29, 1.82) is 0 Å². The number of halogens is 1. The van der Waals surface area contributed by atoms with E-state index in [-0.39, 0.29) is 30.3 Å². The highest BCUT2D eigenvalue weighted by atomic mass is 79.9. The summed E-state index contributed by atoms with van der Waals surface area (Å²) < 4.78 is 6.02. The van der Waals surface area contributed by atoms with E-state index in [1.807, 2.05) is 13.8 Å². The molecule has 1 fully saturated rings. The van der Waals surface area contributed by atoms with Crippen molar-refractivity contribution < 1.29 is 19.1 Å². The first-order chi connectivity index (χ1) is 12.3. The van der Waals surface area contributed by atoms with Gasteiger partial charge in [-0.25, -0.2) is 15.0 Å². The second-order valence-electron chi connectivity index (χ2n) is 6.58. The van der Waals surface area contributed by atoms with Crippen LogP contribution in [0.5, 0.6) is 0 Å². The van der Waals surface area contributed by atoms with Gasteiger partial charge in [0.15, 0.2) is 0 Å². The fourth-order valence-electron chi connectivity index (χ4n) is 2.31. The first kappa shape index (κ1) is 20.0. The molecule has 1 aromatic rings. The number of rotatable bonds is 5. The van der Waals surface area contributed by atoms with Crippen LogP contribution >= 0.6 is 15.9 Å². The second-order valence-corrected chi connectivity index (χ2v) is 7.50. The zero-order valence-electron chi connectivity index (χ0n) is 14.8. The van der Waals surface area contributed by atoms with E-state index in [0.29, 0.717) is 25.4 Å². The van der Waals surface area contributed by atoms with Crippen LogP contribution in [0.1, 0.15) is 20.3 Å². The Hall–Kier alpha value is -2.29. The molecule has 1 aliphatic heterocycles. The van der Waals surface area contributed by atoms with Crippen molar-refractivity contribution in [2.45, 2.75) is 20.3 Å². The number of hydrogen-bond acceptors (Lipinski definition) is 4. The highest BCUT2D eigenvalue weighted by molar-refractivity contribution is 9.10. The van der Waals surface area contributed by atoms with Crippen molar-refractivity contribution in [2.75, 3.05) is 25.0 Å². The summed E-state index contributed by atoms with van der Waals surface area (Å²) in [6.45, 7) is 5.29. The van der Waals surface area contributed by atoms with Crippen LogP contribution in [-0.4, -0.2) is 42.6 Å². The van der Waals surface area contributed by atoms with E-state index in [4.69, 9.17) is 4.74 Å². The first-order valence-corrected chi connectivity index (χ1v) is 9.16. The predicted octanol–water partition coefficient (Wildman–Crippen LogP) is 2.72. The molecule has 4 amide bonds. The summed E-state index contributed by atoms with van der Waals surface area (Å²) in [6, 6.07) is 6.51. The van der Waals surface area contributed by atoms with Gasteiger partial charge in [0, 0.05) is 35.6 Å². The van der Waals surface area contributed by atoms with Crippen LogP contribution in [0.15, 0.2) is 28.7 Å². The van der Waals surface area contributed by atoms with Crippen LogP contribution in [-0.2, 0) is 9.53 Å².